The number of pyridine rings is 1. The van der Waals surface area contributed by atoms with Crippen molar-refractivity contribution in [2.24, 2.45) is 0 Å². The van der Waals surface area contributed by atoms with E-state index >= 15 is 0 Å². The lowest BCUT2D eigenvalue weighted by molar-refractivity contribution is 0.0827. The summed E-state index contributed by atoms with van der Waals surface area (Å²) in [5, 5.41) is 8.52. The maximum Gasteiger partial charge on any atom is 0.253 e. The van der Waals surface area contributed by atoms with Gasteiger partial charge in [0.05, 0.1) is 5.69 Å². The monoisotopic (exact) mass is 411 g/mol. The van der Waals surface area contributed by atoms with Gasteiger partial charge in [0.1, 0.15) is 0 Å². The molecular weight excluding hydrogens is 386 g/mol. The van der Waals surface area contributed by atoms with Crippen LogP contribution < -0.4 is 4.90 Å². The number of rotatable bonds is 4. The summed E-state index contributed by atoms with van der Waals surface area (Å²) >= 11 is 0. The summed E-state index contributed by atoms with van der Waals surface area (Å²) in [6.07, 6.45) is 4.34. The lowest BCUT2D eigenvalue weighted by Crippen LogP contribution is -2.21. The van der Waals surface area contributed by atoms with Gasteiger partial charge in [-0.1, -0.05) is 24.3 Å². The lowest BCUT2D eigenvalue weighted by Gasteiger charge is -2.17. The number of aromatic amines is 1. The second-order valence-electron chi connectivity index (χ2n) is 8.22. The zero-order valence-electron chi connectivity index (χ0n) is 17.8. The molecule has 3 heterocycles. The van der Waals surface area contributed by atoms with E-state index in [4.69, 9.17) is 0 Å². The summed E-state index contributed by atoms with van der Waals surface area (Å²) in [7, 11) is 3.52. The number of hydrogen-bond donors (Lipinski definition) is 1. The van der Waals surface area contributed by atoms with Crippen LogP contribution in [0.1, 0.15) is 23.2 Å². The van der Waals surface area contributed by atoms with Crippen LogP contribution in [-0.4, -0.2) is 53.2 Å². The summed E-state index contributed by atoms with van der Waals surface area (Å²) in [6.45, 7) is 2.27. The average Bonchev–Trinajstić information content (AvgIpc) is 3.48. The molecular formula is C25H25N5O. The molecule has 4 aromatic rings. The first-order valence-corrected chi connectivity index (χ1v) is 10.6. The largest absolute Gasteiger partial charge is 0.372 e. The van der Waals surface area contributed by atoms with E-state index in [2.05, 4.69) is 50.4 Å². The molecule has 1 N–H and O–H groups in total. The van der Waals surface area contributed by atoms with Gasteiger partial charge in [0.25, 0.3) is 5.91 Å². The number of fused-ring (bicyclic) bond motifs is 1. The smallest absolute Gasteiger partial charge is 0.253 e. The van der Waals surface area contributed by atoms with E-state index in [1.165, 1.54) is 18.5 Å². The second-order valence-corrected chi connectivity index (χ2v) is 8.22. The normalized spacial score (nSPS) is 13.7. The molecule has 6 nitrogen and oxygen atoms in total. The summed E-state index contributed by atoms with van der Waals surface area (Å²) in [5.74, 6) is -0.0158. The highest BCUT2D eigenvalue weighted by atomic mass is 16.2. The number of carbonyl (C=O) groups excluding carboxylic acids is 1. The Labute approximate surface area is 181 Å². The minimum Gasteiger partial charge on any atom is -0.372 e. The van der Waals surface area contributed by atoms with Crippen molar-refractivity contribution in [3.05, 3.63) is 66.4 Å². The standard InChI is InChI=1S/C25H25N5O/c1-29(2)25(31)19-7-5-6-18(14-19)20-15-22-23(27-28-24(22)26-16-20)17-8-10-21(11-9-17)30-12-3-4-13-30/h5-11,14-16H,3-4,12-13H2,1-2H3,(H,26,27,28). The van der Waals surface area contributed by atoms with Crippen LogP contribution >= 0.6 is 0 Å². The van der Waals surface area contributed by atoms with Crippen molar-refractivity contribution in [3.8, 4) is 22.4 Å². The van der Waals surface area contributed by atoms with E-state index in [1.807, 2.05) is 30.5 Å². The SMILES string of the molecule is CN(C)C(=O)c1cccc(-c2cnc3n[nH]c(-c4ccc(N5CCCC5)cc4)c3c2)c1. The van der Waals surface area contributed by atoms with Gasteiger partial charge >= 0.3 is 0 Å². The molecule has 156 valence electrons. The zero-order valence-corrected chi connectivity index (χ0v) is 17.8. The van der Waals surface area contributed by atoms with Gasteiger partial charge < -0.3 is 9.80 Å². The number of nitrogens with one attached hydrogen (secondary N) is 1. The van der Waals surface area contributed by atoms with Crippen LogP contribution in [0.4, 0.5) is 5.69 Å². The maximum absolute atomic E-state index is 12.4. The van der Waals surface area contributed by atoms with Crippen molar-refractivity contribution in [3.63, 3.8) is 0 Å². The van der Waals surface area contributed by atoms with Crippen molar-refractivity contribution in [2.45, 2.75) is 12.8 Å². The van der Waals surface area contributed by atoms with E-state index < -0.39 is 0 Å². The van der Waals surface area contributed by atoms with E-state index in [0.29, 0.717) is 11.2 Å². The Morgan fingerprint density at radius 3 is 2.48 bits per heavy atom. The Kier molecular flexibility index (Phi) is 4.90. The molecule has 2 aromatic carbocycles. The van der Waals surface area contributed by atoms with Gasteiger partial charge in [-0.15, -0.1) is 0 Å². The molecule has 0 spiro atoms. The van der Waals surface area contributed by atoms with Crippen molar-refractivity contribution >= 4 is 22.6 Å². The van der Waals surface area contributed by atoms with Gasteiger partial charge in [-0.3, -0.25) is 9.89 Å². The highest BCUT2D eigenvalue weighted by Crippen LogP contribution is 2.31. The first kappa shape index (κ1) is 19.3. The van der Waals surface area contributed by atoms with Crippen LogP contribution in [0.5, 0.6) is 0 Å². The summed E-state index contributed by atoms with van der Waals surface area (Å²) in [6, 6.07) is 18.4. The first-order chi connectivity index (χ1) is 15.1. The number of anilines is 1. The maximum atomic E-state index is 12.4. The molecule has 0 atom stereocenters. The summed E-state index contributed by atoms with van der Waals surface area (Å²) in [4.78, 5) is 20.9. The number of hydrogen-bond acceptors (Lipinski definition) is 4. The van der Waals surface area contributed by atoms with Crippen LogP contribution in [0.3, 0.4) is 0 Å². The molecule has 0 unspecified atom stereocenters. The van der Waals surface area contributed by atoms with Gasteiger partial charge in [-0.2, -0.15) is 5.10 Å². The van der Waals surface area contributed by atoms with E-state index in [-0.39, 0.29) is 5.91 Å². The zero-order chi connectivity index (χ0) is 21.4. The van der Waals surface area contributed by atoms with Crippen LogP contribution in [-0.2, 0) is 0 Å². The topological polar surface area (TPSA) is 65.1 Å². The third-order valence-corrected chi connectivity index (χ3v) is 5.89. The molecule has 1 amide bonds. The van der Waals surface area contributed by atoms with Gasteiger partial charge in [-0.25, -0.2) is 4.98 Å². The van der Waals surface area contributed by atoms with E-state index in [9.17, 15) is 4.79 Å². The lowest BCUT2D eigenvalue weighted by atomic mass is 10.0. The Morgan fingerprint density at radius 1 is 0.968 bits per heavy atom. The molecule has 2 aromatic heterocycles. The molecule has 6 heteroatoms. The molecule has 1 aliphatic heterocycles. The molecule has 31 heavy (non-hydrogen) atoms. The minimum atomic E-state index is -0.0158. The molecule has 1 fully saturated rings. The van der Waals surface area contributed by atoms with Gasteiger partial charge in [-0.05, 0) is 48.7 Å². The highest BCUT2D eigenvalue weighted by molar-refractivity contribution is 5.96. The van der Waals surface area contributed by atoms with Gasteiger partial charge in [0, 0.05) is 61.1 Å². The summed E-state index contributed by atoms with van der Waals surface area (Å²) < 4.78 is 0. The molecule has 1 saturated heterocycles. The highest BCUT2D eigenvalue weighted by Gasteiger charge is 2.15. The van der Waals surface area contributed by atoms with Crippen LogP contribution in [0, 0.1) is 0 Å². The van der Waals surface area contributed by atoms with Crippen LogP contribution in [0.2, 0.25) is 0 Å². The molecule has 1 aliphatic rings. The third-order valence-electron chi connectivity index (χ3n) is 5.89. The number of H-pyrrole nitrogens is 1. The van der Waals surface area contributed by atoms with Crippen LogP contribution in [0.15, 0.2) is 60.8 Å². The van der Waals surface area contributed by atoms with Crippen molar-refractivity contribution in [2.75, 3.05) is 32.1 Å². The predicted octanol–water partition coefficient (Wildman–Crippen LogP) is 4.59. The van der Waals surface area contributed by atoms with E-state index in [1.54, 1.807) is 19.0 Å². The first-order valence-electron chi connectivity index (χ1n) is 10.6. The number of aromatic nitrogens is 3. The quantitative estimate of drug-likeness (QED) is 0.533. The number of nitrogens with zero attached hydrogens (tertiary/aromatic N) is 4. The number of benzene rings is 2. The Hall–Kier alpha value is -3.67. The number of amides is 1. The fourth-order valence-corrected chi connectivity index (χ4v) is 4.18. The predicted molar refractivity (Wildman–Crippen MR) is 124 cm³/mol. The molecule has 0 radical (unpaired) electrons. The molecule has 0 aliphatic carbocycles. The van der Waals surface area contributed by atoms with Crippen molar-refractivity contribution in [1.29, 1.82) is 0 Å². The second kappa shape index (κ2) is 7.87. The fourth-order valence-electron chi connectivity index (χ4n) is 4.18. The molecule has 5 rings (SSSR count). The minimum absolute atomic E-state index is 0.0158. The summed E-state index contributed by atoms with van der Waals surface area (Å²) in [5.41, 5.74) is 6.57. The molecule has 0 saturated carbocycles. The van der Waals surface area contributed by atoms with Crippen molar-refractivity contribution < 1.29 is 4.79 Å². The Bertz CT molecular complexity index is 1240. The van der Waals surface area contributed by atoms with Crippen LogP contribution in [0.25, 0.3) is 33.4 Å². The number of carbonyl (C=O) groups is 1. The average molecular weight is 412 g/mol. The van der Waals surface area contributed by atoms with E-state index in [0.717, 1.165) is 40.9 Å². The molecule has 0 bridgehead atoms. The Morgan fingerprint density at radius 2 is 1.74 bits per heavy atom. The fraction of sp³-hybridized carbons (Fsp3) is 0.240. The van der Waals surface area contributed by atoms with Gasteiger partial charge in [0.2, 0.25) is 0 Å². The van der Waals surface area contributed by atoms with Gasteiger partial charge in [0.15, 0.2) is 5.65 Å². The van der Waals surface area contributed by atoms with Crippen molar-refractivity contribution in [1.82, 2.24) is 20.1 Å². The Balaban J connectivity index is 1.50. The third kappa shape index (κ3) is 3.65.